The van der Waals surface area contributed by atoms with E-state index in [9.17, 15) is 0 Å². The zero-order valence-corrected chi connectivity index (χ0v) is 10.6. The molecule has 0 saturated heterocycles. The molecular weight excluding hydrogens is 234 g/mol. The average molecular weight is 250 g/mol. The van der Waals surface area contributed by atoms with Gasteiger partial charge in [0, 0.05) is 19.5 Å². The fourth-order valence-corrected chi connectivity index (χ4v) is 2.65. The summed E-state index contributed by atoms with van der Waals surface area (Å²) in [6.07, 6.45) is 3.38. The summed E-state index contributed by atoms with van der Waals surface area (Å²) in [5.41, 5.74) is 8.12. The fourth-order valence-electron chi connectivity index (χ4n) is 2.35. The summed E-state index contributed by atoms with van der Waals surface area (Å²) in [5, 5.41) is 0.753. The molecule has 1 aliphatic rings. The summed E-state index contributed by atoms with van der Waals surface area (Å²) in [5.74, 6) is 1.73. The molecule has 1 aromatic heterocycles. The molecule has 0 aliphatic heterocycles. The van der Waals surface area contributed by atoms with E-state index >= 15 is 0 Å². The van der Waals surface area contributed by atoms with Crippen molar-refractivity contribution in [2.75, 3.05) is 0 Å². The predicted octanol–water partition coefficient (Wildman–Crippen LogP) is 2.51. The normalized spacial score (nSPS) is 17.6. The van der Waals surface area contributed by atoms with Gasteiger partial charge >= 0.3 is 0 Å². The first-order valence-corrected chi connectivity index (χ1v) is 6.40. The summed E-state index contributed by atoms with van der Waals surface area (Å²) in [4.78, 5) is 4.62. The van der Waals surface area contributed by atoms with Crippen LogP contribution < -0.4 is 5.73 Å². The largest absolute Gasteiger partial charge is 0.330 e. The van der Waals surface area contributed by atoms with E-state index in [1.807, 2.05) is 25.2 Å². The molecule has 1 heterocycles. The Morgan fingerprint density at radius 1 is 1.53 bits per heavy atom. The third-order valence-corrected chi connectivity index (χ3v) is 3.89. The quantitative estimate of drug-likeness (QED) is 0.908. The van der Waals surface area contributed by atoms with Crippen molar-refractivity contribution in [3.8, 4) is 0 Å². The van der Waals surface area contributed by atoms with Crippen molar-refractivity contribution in [2.45, 2.75) is 25.3 Å². The van der Waals surface area contributed by atoms with Crippen molar-refractivity contribution in [1.29, 1.82) is 0 Å². The first-order chi connectivity index (χ1) is 8.16. The minimum atomic E-state index is 0.240. The Morgan fingerprint density at radius 2 is 2.29 bits per heavy atom. The van der Waals surface area contributed by atoms with Crippen LogP contribution in [0.5, 0.6) is 0 Å². The monoisotopic (exact) mass is 249 g/mol. The molecule has 3 rings (SSSR count). The maximum absolute atomic E-state index is 6.20. The highest BCUT2D eigenvalue weighted by molar-refractivity contribution is 6.35. The van der Waals surface area contributed by atoms with Crippen LogP contribution in [0.15, 0.2) is 18.2 Å². The van der Waals surface area contributed by atoms with Crippen LogP contribution in [-0.4, -0.2) is 15.6 Å². The van der Waals surface area contributed by atoms with Gasteiger partial charge in [-0.05, 0) is 30.9 Å². The Hall–Kier alpha value is -1.06. The molecule has 1 aliphatic carbocycles. The minimum Gasteiger partial charge on any atom is -0.330 e. The molecular formula is C13H16ClN3. The number of nitrogens with two attached hydrogens (primary N) is 1. The number of hydrogen-bond donors (Lipinski definition) is 1. The van der Waals surface area contributed by atoms with Crippen LogP contribution in [0.3, 0.4) is 0 Å². The van der Waals surface area contributed by atoms with Gasteiger partial charge in [0.05, 0.1) is 16.1 Å². The van der Waals surface area contributed by atoms with Crippen LogP contribution in [0.4, 0.5) is 0 Å². The lowest BCUT2D eigenvalue weighted by Gasteiger charge is -2.09. The van der Waals surface area contributed by atoms with Crippen LogP contribution >= 0.6 is 11.6 Å². The highest BCUT2D eigenvalue weighted by atomic mass is 35.5. The van der Waals surface area contributed by atoms with Gasteiger partial charge in [-0.15, -0.1) is 0 Å². The molecule has 4 heteroatoms. The van der Waals surface area contributed by atoms with E-state index in [0.29, 0.717) is 5.92 Å². The standard InChI is InChI=1S/C13H16ClN3/c1-17-12(7-10(15)8-5-6-8)16-11-4-2-3-9(14)13(11)17/h2-4,8,10H,5-7,15H2,1H3. The Labute approximate surface area is 106 Å². The molecule has 3 nitrogen and oxygen atoms in total. The van der Waals surface area contributed by atoms with Crippen LogP contribution in [-0.2, 0) is 13.5 Å². The molecule has 2 N–H and O–H groups in total. The molecule has 1 fully saturated rings. The van der Waals surface area contributed by atoms with Gasteiger partial charge in [-0.25, -0.2) is 4.98 Å². The number of para-hydroxylation sites is 1. The third-order valence-electron chi connectivity index (χ3n) is 3.58. The van der Waals surface area contributed by atoms with Gasteiger partial charge in [0.2, 0.25) is 0 Å². The molecule has 90 valence electrons. The number of halogens is 1. The topological polar surface area (TPSA) is 43.8 Å². The molecule has 1 saturated carbocycles. The summed E-state index contributed by atoms with van der Waals surface area (Å²) < 4.78 is 2.07. The number of rotatable bonds is 3. The van der Waals surface area contributed by atoms with Crippen molar-refractivity contribution in [3.63, 3.8) is 0 Å². The number of fused-ring (bicyclic) bond motifs is 1. The highest BCUT2D eigenvalue weighted by Gasteiger charge is 2.29. The van der Waals surface area contributed by atoms with Crippen molar-refractivity contribution in [1.82, 2.24) is 9.55 Å². The molecule has 1 unspecified atom stereocenters. The lowest BCUT2D eigenvalue weighted by atomic mass is 10.1. The first-order valence-electron chi connectivity index (χ1n) is 6.02. The number of nitrogens with zero attached hydrogens (tertiary/aromatic N) is 2. The van der Waals surface area contributed by atoms with E-state index in [1.165, 1.54) is 12.8 Å². The molecule has 0 radical (unpaired) electrons. The van der Waals surface area contributed by atoms with Crippen LogP contribution in [0.25, 0.3) is 11.0 Å². The molecule has 0 amide bonds. The summed E-state index contributed by atoms with van der Waals surface area (Å²) in [6.45, 7) is 0. The zero-order chi connectivity index (χ0) is 12.0. The van der Waals surface area contributed by atoms with Crippen molar-refractivity contribution in [2.24, 2.45) is 18.7 Å². The Morgan fingerprint density at radius 3 is 2.94 bits per heavy atom. The zero-order valence-electron chi connectivity index (χ0n) is 9.86. The van der Waals surface area contributed by atoms with E-state index in [1.54, 1.807) is 0 Å². The molecule has 2 aromatic rings. The maximum Gasteiger partial charge on any atom is 0.111 e. The van der Waals surface area contributed by atoms with Gasteiger partial charge in [0.15, 0.2) is 0 Å². The van der Waals surface area contributed by atoms with Gasteiger partial charge in [-0.3, -0.25) is 0 Å². The van der Waals surface area contributed by atoms with Crippen LogP contribution in [0.1, 0.15) is 18.7 Å². The van der Waals surface area contributed by atoms with Crippen LogP contribution in [0, 0.1) is 5.92 Å². The van der Waals surface area contributed by atoms with E-state index in [0.717, 1.165) is 28.3 Å². The second kappa shape index (κ2) is 4.00. The van der Waals surface area contributed by atoms with Crippen molar-refractivity contribution in [3.05, 3.63) is 29.0 Å². The Kier molecular flexibility index (Phi) is 2.60. The average Bonchev–Trinajstić information content (AvgIpc) is 3.07. The second-order valence-electron chi connectivity index (χ2n) is 4.90. The third kappa shape index (κ3) is 1.94. The number of aromatic nitrogens is 2. The smallest absolute Gasteiger partial charge is 0.111 e. The molecule has 1 aromatic carbocycles. The van der Waals surface area contributed by atoms with Crippen molar-refractivity contribution < 1.29 is 0 Å². The minimum absolute atomic E-state index is 0.240. The SMILES string of the molecule is Cn1c(CC(N)C2CC2)nc2cccc(Cl)c21. The summed E-state index contributed by atoms with van der Waals surface area (Å²) in [7, 11) is 2.01. The van der Waals surface area contributed by atoms with E-state index in [2.05, 4.69) is 9.55 Å². The molecule has 17 heavy (non-hydrogen) atoms. The van der Waals surface area contributed by atoms with Gasteiger partial charge in [-0.1, -0.05) is 17.7 Å². The second-order valence-corrected chi connectivity index (χ2v) is 5.31. The number of benzene rings is 1. The predicted molar refractivity (Wildman–Crippen MR) is 70.1 cm³/mol. The van der Waals surface area contributed by atoms with Gasteiger partial charge in [0.1, 0.15) is 5.82 Å². The highest BCUT2D eigenvalue weighted by Crippen LogP contribution is 2.33. The van der Waals surface area contributed by atoms with E-state index in [4.69, 9.17) is 17.3 Å². The summed E-state index contributed by atoms with van der Waals surface area (Å²) >= 11 is 6.20. The number of aryl methyl sites for hydroxylation is 1. The van der Waals surface area contributed by atoms with Gasteiger partial charge in [0.25, 0.3) is 0 Å². The van der Waals surface area contributed by atoms with E-state index < -0.39 is 0 Å². The fraction of sp³-hybridized carbons (Fsp3) is 0.462. The number of hydrogen-bond acceptors (Lipinski definition) is 2. The summed E-state index contributed by atoms with van der Waals surface area (Å²) in [6, 6.07) is 6.07. The Balaban J connectivity index is 1.99. The lowest BCUT2D eigenvalue weighted by Crippen LogP contribution is -2.26. The lowest BCUT2D eigenvalue weighted by molar-refractivity contribution is 0.566. The van der Waals surface area contributed by atoms with Gasteiger partial charge in [-0.2, -0.15) is 0 Å². The van der Waals surface area contributed by atoms with Crippen molar-refractivity contribution >= 4 is 22.6 Å². The molecule has 0 bridgehead atoms. The van der Waals surface area contributed by atoms with E-state index in [-0.39, 0.29) is 6.04 Å². The van der Waals surface area contributed by atoms with Crippen LogP contribution in [0.2, 0.25) is 5.02 Å². The molecule has 0 spiro atoms. The maximum atomic E-state index is 6.20. The first kappa shape index (κ1) is 11.1. The van der Waals surface area contributed by atoms with Gasteiger partial charge < -0.3 is 10.3 Å². The molecule has 1 atom stereocenters. The Bertz CT molecular complexity index is 557. The number of imidazole rings is 1.